The van der Waals surface area contributed by atoms with Gasteiger partial charge in [0.05, 0.1) is 0 Å². The first-order valence-corrected chi connectivity index (χ1v) is 5.46. The standard InChI is InChI=1S/C13H16N2O/c1-3-16-12(11-7-5-4-6-8-11)13-14-9-10-15(13)2/h4-10,12H,3H2,1-2H3. The summed E-state index contributed by atoms with van der Waals surface area (Å²) in [7, 11) is 1.98. The van der Waals surface area contributed by atoms with Crippen LogP contribution in [0.15, 0.2) is 42.7 Å². The van der Waals surface area contributed by atoms with Gasteiger partial charge in [0.25, 0.3) is 0 Å². The molecule has 1 atom stereocenters. The second kappa shape index (κ2) is 4.94. The van der Waals surface area contributed by atoms with Gasteiger partial charge in [0.15, 0.2) is 0 Å². The van der Waals surface area contributed by atoms with E-state index in [9.17, 15) is 0 Å². The zero-order valence-electron chi connectivity index (χ0n) is 9.63. The van der Waals surface area contributed by atoms with Crippen LogP contribution in [-0.2, 0) is 11.8 Å². The molecule has 16 heavy (non-hydrogen) atoms. The van der Waals surface area contributed by atoms with Crippen molar-refractivity contribution in [2.75, 3.05) is 6.61 Å². The number of aryl methyl sites for hydroxylation is 1. The molecule has 0 N–H and O–H groups in total. The third-order valence-corrected chi connectivity index (χ3v) is 2.53. The van der Waals surface area contributed by atoms with E-state index in [-0.39, 0.29) is 6.10 Å². The Labute approximate surface area is 95.7 Å². The minimum absolute atomic E-state index is 0.0776. The molecule has 0 aliphatic carbocycles. The van der Waals surface area contributed by atoms with E-state index in [2.05, 4.69) is 17.1 Å². The fourth-order valence-electron chi connectivity index (χ4n) is 1.74. The first kappa shape index (κ1) is 10.9. The SMILES string of the molecule is CCOC(c1ccccc1)c1nccn1C. The van der Waals surface area contributed by atoms with Crippen LogP contribution in [0.1, 0.15) is 24.4 Å². The Hall–Kier alpha value is -1.61. The average Bonchev–Trinajstić information content (AvgIpc) is 2.73. The zero-order valence-corrected chi connectivity index (χ0v) is 9.63. The summed E-state index contributed by atoms with van der Waals surface area (Å²) in [6.07, 6.45) is 3.65. The Balaban J connectivity index is 2.35. The van der Waals surface area contributed by atoms with Crippen molar-refractivity contribution in [1.29, 1.82) is 0 Å². The van der Waals surface area contributed by atoms with Gasteiger partial charge in [-0.3, -0.25) is 0 Å². The second-order valence-electron chi connectivity index (χ2n) is 3.64. The monoisotopic (exact) mass is 216 g/mol. The van der Waals surface area contributed by atoms with E-state index in [4.69, 9.17) is 4.74 Å². The van der Waals surface area contributed by atoms with E-state index in [1.54, 1.807) is 6.20 Å². The number of aromatic nitrogens is 2. The maximum atomic E-state index is 5.77. The summed E-state index contributed by atoms with van der Waals surface area (Å²) < 4.78 is 7.76. The van der Waals surface area contributed by atoms with Crippen molar-refractivity contribution in [1.82, 2.24) is 9.55 Å². The highest BCUT2D eigenvalue weighted by molar-refractivity contribution is 5.23. The smallest absolute Gasteiger partial charge is 0.142 e. The summed E-state index contributed by atoms with van der Waals surface area (Å²) in [6, 6.07) is 10.2. The Kier molecular flexibility index (Phi) is 3.37. The number of hydrogen-bond donors (Lipinski definition) is 0. The van der Waals surface area contributed by atoms with Gasteiger partial charge in [-0.05, 0) is 12.5 Å². The molecular weight excluding hydrogens is 200 g/mol. The lowest BCUT2D eigenvalue weighted by Gasteiger charge is -2.17. The van der Waals surface area contributed by atoms with E-state index in [0.29, 0.717) is 6.61 Å². The predicted octanol–water partition coefficient (Wildman–Crippen LogP) is 2.55. The topological polar surface area (TPSA) is 27.1 Å². The molecule has 1 aromatic heterocycles. The van der Waals surface area contributed by atoms with Crippen molar-refractivity contribution >= 4 is 0 Å². The largest absolute Gasteiger partial charge is 0.366 e. The first-order chi connectivity index (χ1) is 7.83. The molecule has 0 aliphatic heterocycles. The molecule has 84 valence electrons. The van der Waals surface area contributed by atoms with E-state index in [0.717, 1.165) is 11.4 Å². The van der Waals surface area contributed by atoms with Crippen LogP contribution >= 0.6 is 0 Å². The van der Waals surface area contributed by atoms with Crippen LogP contribution < -0.4 is 0 Å². The number of rotatable bonds is 4. The second-order valence-corrected chi connectivity index (χ2v) is 3.64. The minimum Gasteiger partial charge on any atom is -0.366 e. The van der Waals surface area contributed by atoms with E-state index in [1.807, 2.05) is 42.9 Å². The summed E-state index contributed by atoms with van der Waals surface area (Å²) in [5.74, 6) is 0.938. The summed E-state index contributed by atoms with van der Waals surface area (Å²) >= 11 is 0. The van der Waals surface area contributed by atoms with Crippen molar-refractivity contribution in [3.05, 3.63) is 54.1 Å². The molecular formula is C13H16N2O. The summed E-state index contributed by atoms with van der Waals surface area (Å²) in [6.45, 7) is 2.67. The maximum absolute atomic E-state index is 5.77. The van der Waals surface area contributed by atoms with Gasteiger partial charge >= 0.3 is 0 Å². The van der Waals surface area contributed by atoms with Crippen LogP contribution in [0.3, 0.4) is 0 Å². The van der Waals surface area contributed by atoms with Crippen LogP contribution in [0.4, 0.5) is 0 Å². The molecule has 0 amide bonds. The van der Waals surface area contributed by atoms with Gasteiger partial charge < -0.3 is 9.30 Å². The molecule has 0 aliphatic rings. The molecule has 0 saturated carbocycles. The van der Waals surface area contributed by atoms with E-state index >= 15 is 0 Å². The quantitative estimate of drug-likeness (QED) is 0.785. The Bertz CT molecular complexity index is 436. The minimum atomic E-state index is -0.0776. The third-order valence-electron chi connectivity index (χ3n) is 2.53. The van der Waals surface area contributed by atoms with E-state index in [1.165, 1.54) is 0 Å². The van der Waals surface area contributed by atoms with Gasteiger partial charge in [-0.1, -0.05) is 30.3 Å². The molecule has 3 heteroatoms. The highest BCUT2D eigenvalue weighted by Crippen LogP contribution is 2.23. The van der Waals surface area contributed by atoms with E-state index < -0.39 is 0 Å². The van der Waals surface area contributed by atoms with Crippen LogP contribution in [0.25, 0.3) is 0 Å². The fourth-order valence-corrected chi connectivity index (χ4v) is 1.74. The number of imidazole rings is 1. The van der Waals surface area contributed by atoms with Gasteiger partial charge in [0.1, 0.15) is 11.9 Å². The van der Waals surface area contributed by atoms with Crippen molar-refractivity contribution in [3.63, 3.8) is 0 Å². The lowest BCUT2D eigenvalue weighted by molar-refractivity contribution is 0.0832. The Morgan fingerprint density at radius 2 is 2.06 bits per heavy atom. The number of nitrogens with zero attached hydrogens (tertiary/aromatic N) is 2. The van der Waals surface area contributed by atoms with Gasteiger partial charge in [-0.25, -0.2) is 4.98 Å². The van der Waals surface area contributed by atoms with Crippen LogP contribution in [0.2, 0.25) is 0 Å². The normalized spacial score (nSPS) is 12.6. The van der Waals surface area contributed by atoms with Crippen molar-refractivity contribution in [2.24, 2.45) is 7.05 Å². The zero-order chi connectivity index (χ0) is 11.4. The number of hydrogen-bond acceptors (Lipinski definition) is 2. The molecule has 0 bridgehead atoms. The summed E-state index contributed by atoms with van der Waals surface area (Å²) in [5.41, 5.74) is 1.14. The predicted molar refractivity (Wildman–Crippen MR) is 63.1 cm³/mol. The molecule has 1 aromatic carbocycles. The van der Waals surface area contributed by atoms with Crippen LogP contribution in [0, 0.1) is 0 Å². The molecule has 1 unspecified atom stereocenters. The molecule has 2 aromatic rings. The lowest BCUT2D eigenvalue weighted by Crippen LogP contribution is -2.11. The lowest BCUT2D eigenvalue weighted by atomic mass is 10.1. The molecule has 0 spiro atoms. The van der Waals surface area contributed by atoms with Gasteiger partial charge in [0.2, 0.25) is 0 Å². The number of benzene rings is 1. The molecule has 3 nitrogen and oxygen atoms in total. The summed E-state index contributed by atoms with van der Waals surface area (Å²) in [4.78, 5) is 4.35. The third kappa shape index (κ3) is 2.14. The van der Waals surface area contributed by atoms with Crippen molar-refractivity contribution in [2.45, 2.75) is 13.0 Å². The van der Waals surface area contributed by atoms with Gasteiger partial charge in [-0.2, -0.15) is 0 Å². The van der Waals surface area contributed by atoms with Gasteiger partial charge in [0, 0.05) is 26.0 Å². The fraction of sp³-hybridized carbons (Fsp3) is 0.308. The molecule has 0 fully saturated rings. The van der Waals surface area contributed by atoms with Crippen LogP contribution in [-0.4, -0.2) is 16.2 Å². The molecule has 1 heterocycles. The highest BCUT2D eigenvalue weighted by atomic mass is 16.5. The number of ether oxygens (including phenoxy) is 1. The Morgan fingerprint density at radius 3 is 2.62 bits per heavy atom. The molecule has 0 saturated heterocycles. The first-order valence-electron chi connectivity index (χ1n) is 5.46. The van der Waals surface area contributed by atoms with Crippen molar-refractivity contribution < 1.29 is 4.74 Å². The highest BCUT2D eigenvalue weighted by Gasteiger charge is 2.17. The maximum Gasteiger partial charge on any atom is 0.142 e. The van der Waals surface area contributed by atoms with Crippen LogP contribution in [0.5, 0.6) is 0 Å². The van der Waals surface area contributed by atoms with Crippen molar-refractivity contribution in [3.8, 4) is 0 Å². The summed E-state index contributed by atoms with van der Waals surface area (Å²) in [5, 5.41) is 0. The molecule has 0 radical (unpaired) electrons. The molecule has 2 rings (SSSR count). The average molecular weight is 216 g/mol. The van der Waals surface area contributed by atoms with Gasteiger partial charge in [-0.15, -0.1) is 0 Å². The Morgan fingerprint density at radius 1 is 1.31 bits per heavy atom.